The number of nitro groups is 1. The Labute approximate surface area is 101 Å². The van der Waals surface area contributed by atoms with Crippen LogP contribution in [0.2, 0.25) is 0 Å². The quantitative estimate of drug-likeness (QED) is 0.470. The lowest BCUT2D eigenvalue weighted by Gasteiger charge is -1.96. The molecule has 0 fully saturated rings. The third-order valence-corrected chi connectivity index (χ3v) is 3.72. The van der Waals surface area contributed by atoms with E-state index in [1.54, 1.807) is 23.5 Å². The fraction of sp³-hybridized carbons (Fsp3) is 0.0909. The van der Waals surface area contributed by atoms with Crippen molar-refractivity contribution in [3.63, 3.8) is 0 Å². The zero-order valence-corrected chi connectivity index (χ0v) is 9.79. The van der Waals surface area contributed by atoms with Crippen molar-refractivity contribution in [2.24, 2.45) is 0 Å². The molecule has 0 unspecified atom stereocenters. The molecule has 3 nitrogen and oxygen atoms in total. The normalized spacial score (nSPS) is 10.3. The maximum absolute atomic E-state index is 10.6. The van der Waals surface area contributed by atoms with Crippen LogP contribution in [0.1, 0.15) is 4.88 Å². The Morgan fingerprint density at radius 1 is 1.31 bits per heavy atom. The lowest BCUT2D eigenvalue weighted by Crippen LogP contribution is -1.87. The molecule has 2 rings (SSSR count). The molecule has 82 valence electrons. The van der Waals surface area contributed by atoms with Crippen molar-refractivity contribution in [1.29, 1.82) is 0 Å². The Bertz CT molecular complexity index is 524. The van der Waals surface area contributed by atoms with E-state index in [0.717, 1.165) is 15.3 Å². The van der Waals surface area contributed by atoms with Crippen LogP contribution in [0.3, 0.4) is 0 Å². The minimum Gasteiger partial charge on any atom is -0.258 e. The van der Waals surface area contributed by atoms with Gasteiger partial charge in [-0.05, 0) is 17.7 Å². The van der Waals surface area contributed by atoms with Crippen LogP contribution in [0, 0.1) is 10.1 Å². The monoisotopic (exact) mass is 253 g/mol. The molecule has 2 aromatic rings. The van der Waals surface area contributed by atoms with Crippen molar-refractivity contribution >= 4 is 28.6 Å². The largest absolute Gasteiger partial charge is 0.270 e. The van der Waals surface area contributed by atoms with Crippen LogP contribution >= 0.6 is 22.9 Å². The SMILES string of the molecule is O=[N+]([O-])c1cccc(-c2ccc(CCl)s2)c1. The molecule has 0 spiro atoms. The molecule has 0 N–H and O–H groups in total. The molecule has 0 aliphatic carbocycles. The highest BCUT2D eigenvalue weighted by Crippen LogP contribution is 2.30. The van der Waals surface area contributed by atoms with E-state index in [1.165, 1.54) is 6.07 Å². The van der Waals surface area contributed by atoms with Crippen LogP contribution in [0.4, 0.5) is 5.69 Å². The van der Waals surface area contributed by atoms with E-state index in [1.807, 2.05) is 18.2 Å². The second kappa shape index (κ2) is 4.63. The number of halogens is 1. The lowest BCUT2D eigenvalue weighted by atomic mass is 10.2. The van der Waals surface area contributed by atoms with Gasteiger partial charge in [0.05, 0.1) is 10.8 Å². The third-order valence-electron chi connectivity index (χ3n) is 2.13. The molecule has 0 saturated heterocycles. The number of nitrogens with zero attached hydrogens (tertiary/aromatic N) is 1. The average molecular weight is 254 g/mol. The predicted octanol–water partition coefficient (Wildman–Crippen LogP) is 4.06. The van der Waals surface area contributed by atoms with Crippen molar-refractivity contribution in [2.45, 2.75) is 5.88 Å². The molecule has 0 radical (unpaired) electrons. The van der Waals surface area contributed by atoms with Gasteiger partial charge in [0.15, 0.2) is 0 Å². The van der Waals surface area contributed by atoms with Gasteiger partial charge >= 0.3 is 0 Å². The summed E-state index contributed by atoms with van der Waals surface area (Å²) in [6.45, 7) is 0. The first-order chi connectivity index (χ1) is 7.70. The van der Waals surface area contributed by atoms with E-state index in [2.05, 4.69) is 0 Å². The highest BCUT2D eigenvalue weighted by molar-refractivity contribution is 7.15. The zero-order chi connectivity index (χ0) is 11.5. The Kier molecular flexibility index (Phi) is 3.22. The Balaban J connectivity index is 2.40. The average Bonchev–Trinajstić information content (AvgIpc) is 2.77. The number of hydrogen-bond acceptors (Lipinski definition) is 3. The molecule has 1 aromatic carbocycles. The number of alkyl halides is 1. The van der Waals surface area contributed by atoms with Gasteiger partial charge < -0.3 is 0 Å². The summed E-state index contributed by atoms with van der Waals surface area (Å²) in [4.78, 5) is 12.3. The maximum Gasteiger partial charge on any atom is 0.270 e. The maximum atomic E-state index is 10.6. The number of non-ortho nitro benzene ring substituents is 1. The van der Waals surface area contributed by atoms with Crippen LogP contribution in [0.5, 0.6) is 0 Å². The molecule has 1 heterocycles. The minimum absolute atomic E-state index is 0.110. The number of hydrogen-bond donors (Lipinski definition) is 0. The first kappa shape index (κ1) is 11.1. The van der Waals surface area contributed by atoms with E-state index >= 15 is 0 Å². The van der Waals surface area contributed by atoms with Gasteiger partial charge in [0.2, 0.25) is 0 Å². The van der Waals surface area contributed by atoms with E-state index < -0.39 is 0 Å². The van der Waals surface area contributed by atoms with E-state index in [9.17, 15) is 10.1 Å². The van der Waals surface area contributed by atoms with Crippen molar-refractivity contribution in [3.8, 4) is 10.4 Å². The molecule has 0 saturated carbocycles. The van der Waals surface area contributed by atoms with Crippen LogP contribution in [0.25, 0.3) is 10.4 Å². The Hall–Kier alpha value is -1.39. The second-order valence-electron chi connectivity index (χ2n) is 3.21. The fourth-order valence-electron chi connectivity index (χ4n) is 1.38. The summed E-state index contributed by atoms with van der Waals surface area (Å²) >= 11 is 7.26. The molecule has 0 bridgehead atoms. The summed E-state index contributed by atoms with van der Waals surface area (Å²) < 4.78 is 0. The van der Waals surface area contributed by atoms with Crippen LogP contribution in [-0.4, -0.2) is 4.92 Å². The number of rotatable bonds is 3. The van der Waals surface area contributed by atoms with Crippen molar-refractivity contribution in [3.05, 3.63) is 51.4 Å². The topological polar surface area (TPSA) is 43.1 Å². The Morgan fingerprint density at radius 2 is 2.12 bits per heavy atom. The smallest absolute Gasteiger partial charge is 0.258 e. The van der Waals surface area contributed by atoms with Gasteiger partial charge in [0.1, 0.15) is 0 Å². The van der Waals surface area contributed by atoms with E-state index in [0.29, 0.717) is 5.88 Å². The van der Waals surface area contributed by atoms with Crippen LogP contribution < -0.4 is 0 Å². The van der Waals surface area contributed by atoms with Crippen LogP contribution in [0.15, 0.2) is 36.4 Å². The highest BCUT2D eigenvalue weighted by Gasteiger charge is 2.08. The van der Waals surface area contributed by atoms with Gasteiger partial charge in [-0.2, -0.15) is 0 Å². The van der Waals surface area contributed by atoms with Gasteiger partial charge in [0.25, 0.3) is 5.69 Å². The molecule has 16 heavy (non-hydrogen) atoms. The summed E-state index contributed by atoms with van der Waals surface area (Å²) in [5.74, 6) is 0.472. The number of benzene rings is 1. The standard InChI is InChI=1S/C11H8ClNO2S/c12-7-10-4-5-11(16-10)8-2-1-3-9(6-8)13(14)15/h1-6H,7H2. The molecule has 0 aliphatic rings. The number of thiophene rings is 1. The summed E-state index contributed by atoms with van der Waals surface area (Å²) in [6.07, 6.45) is 0. The highest BCUT2D eigenvalue weighted by atomic mass is 35.5. The minimum atomic E-state index is -0.389. The van der Waals surface area contributed by atoms with Crippen molar-refractivity contribution in [2.75, 3.05) is 0 Å². The van der Waals surface area contributed by atoms with Gasteiger partial charge in [-0.15, -0.1) is 22.9 Å². The summed E-state index contributed by atoms with van der Waals surface area (Å²) in [6, 6.07) is 10.5. The van der Waals surface area contributed by atoms with Crippen LogP contribution in [-0.2, 0) is 5.88 Å². The molecule has 1 aromatic heterocycles. The van der Waals surface area contributed by atoms with Crippen molar-refractivity contribution in [1.82, 2.24) is 0 Å². The molecular formula is C11H8ClNO2S. The third kappa shape index (κ3) is 2.23. The summed E-state index contributed by atoms with van der Waals surface area (Å²) in [7, 11) is 0. The van der Waals surface area contributed by atoms with Crippen molar-refractivity contribution < 1.29 is 4.92 Å². The van der Waals surface area contributed by atoms with Gasteiger partial charge in [0, 0.05) is 21.9 Å². The van der Waals surface area contributed by atoms with E-state index in [4.69, 9.17) is 11.6 Å². The van der Waals surface area contributed by atoms with E-state index in [-0.39, 0.29) is 10.6 Å². The molecule has 5 heteroatoms. The second-order valence-corrected chi connectivity index (χ2v) is 4.64. The molecule has 0 aliphatic heterocycles. The van der Waals surface area contributed by atoms with Gasteiger partial charge in [-0.1, -0.05) is 12.1 Å². The first-order valence-electron chi connectivity index (χ1n) is 4.60. The van der Waals surface area contributed by atoms with Gasteiger partial charge in [-0.25, -0.2) is 0 Å². The molecular weight excluding hydrogens is 246 g/mol. The zero-order valence-electron chi connectivity index (χ0n) is 8.22. The Morgan fingerprint density at radius 3 is 2.75 bits per heavy atom. The number of nitro benzene ring substituents is 1. The van der Waals surface area contributed by atoms with Gasteiger partial charge in [-0.3, -0.25) is 10.1 Å². The predicted molar refractivity (Wildman–Crippen MR) is 66.0 cm³/mol. The molecule has 0 atom stereocenters. The molecule has 0 amide bonds. The first-order valence-corrected chi connectivity index (χ1v) is 5.95. The summed E-state index contributed by atoms with van der Waals surface area (Å²) in [5, 5.41) is 10.6. The summed E-state index contributed by atoms with van der Waals surface area (Å²) in [5.41, 5.74) is 0.967. The fourth-order valence-corrected chi connectivity index (χ4v) is 2.48. The lowest BCUT2D eigenvalue weighted by molar-refractivity contribution is -0.384.